The number of rotatable bonds is 9. The molecule has 0 aromatic heterocycles. The SMILES string of the molecule is C[C@@](C[C@H]1CC(c2ccc(C#CCCF)cc2)=NO1)(C(=O)COC1CCCCO1)S(C)(=O)=O. The number of oxime groups is 1. The van der Waals surface area contributed by atoms with Crippen LogP contribution in [0.25, 0.3) is 0 Å². The Hall–Kier alpha value is -2.28. The fourth-order valence-electron chi connectivity index (χ4n) is 3.74. The summed E-state index contributed by atoms with van der Waals surface area (Å²) in [4.78, 5) is 18.5. The lowest BCUT2D eigenvalue weighted by molar-refractivity contribution is -0.170. The van der Waals surface area contributed by atoms with Crippen molar-refractivity contribution in [3.63, 3.8) is 0 Å². The monoisotopic (exact) mass is 479 g/mol. The Labute approximate surface area is 194 Å². The van der Waals surface area contributed by atoms with Gasteiger partial charge in [-0.3, -0.25) is 9.18 Å². The molecule has 9 heteroatoms. The Morgan fingerprint density at radius 2 is 2.06 bits per heavy atom. The zero-order valence-corrected chi connectivity index (χ0v) is 19.8. The van der Waals surface area contributed by atoms with E-state index < -0.39 is 39.4 Å². The maximum absolute atomic E-state index is 13.0. The molecule has 1 aromatic carbocycles. The number of sulfone groups is 1. The molecule has 0 saturated carbocycles. The fourth-order valence-corrected chi connectivity index (χ4v) is 4.70. The molecule has 1 saturated heterocycles. The van der Waals surface area contributed by atoms with Gasteiger partial charge in [0.1, 0.15) is 24.1 Å². The fraction of sp³-hybridized carbons (Fsp3) is 0.583. The van der Waals surface area contributed by atoms with Gasteiger partial charge in [-0.1, -0.05) is 29.1 Å². The second-order valence-corrected chi connectivity index (χ2v) is 11.0. The molecule has 2 aliphatic rings. The molecule has 3 rings (SSSR count). The van der Waals surface area contributed by atoms with Crippen LogP contribution >= 0.6 is 0 Å². The lowest BCUT2D eigenvalue weighted by Crippen LogP contribution is -2.48. The normalized spacial score (nSPS) is 22.5. The van der Waals surface area contributed by atoms with E-state index in [0.29, 0.717) is 25.2 Å². The highest BCUT2D eigenvalue weighted by Crippen LogP contribution is 2.30. The third kappa shape index (κ3) is 6.62. The third-order valence-corrected chi connectivity index (χ3v) is 8.00. The maximum atomic E-state index is 13.0. The summed E-state index contributed by atoms with van der Waals surface area (Å²) in [5.74, 6) is 5.10. The van der Waals surface area contributed by atoms with Crippen molar-refractivity contribution in [2.24, 2.45) is 5.16 Å². The largest absolute Gasteiger partial charge is 0.392 e. The van der Waals surface area contributed by atoms with E-state index in [1.807, 2.05) is 24.3 Å². The van der Waals surface area contributed by atoms with Gasteiger partial charge in [-0.25, -0.2) is 8.42 Å². The summed E-state index contributed by atoms with van der Waals surface area (Å²) in [7, 11) is -3.75. The highest BCUT2D eigenvalue weighted by molar-refractivity contribution is 7.92. The Kier molecular flexibility index (Phi) is 8.63. The summed E-state index contributed by atoms with van der Waals surface area (Å²) in [5, 5.41) is 4.11. The van der Waals surface area contributed by atoms with Crippen LogP contribution in [-0.4, -0.2) is 63.2 Å². The Balaban J connectivity index is 1.61. The van der Waals surface area contributed by atoms with Crippen molar-refractivity contribution in [2.45, 2.75) is 62.6 Å². The van der Waals surface area contributed by atoms with Crippen LogP contribution < -0.4 is 0 Å². The molecular weight excluding hydrogens is 449 g/mol. The summed E-state index contributed by atoms with van der Waals surface area (Å²) >= 11 is 0. The number of hydrogen-bond donors (Lipinski definition) is 0. The number of carbonyl (C=O) groups excluding carboxylic acids is 1. The van der Waals surface area contributed by atoms with Crippen LogP contribution in [0.4, 0.5) is 4.39 Å². The molecule has 0 radical (unpaired) electrons. The summed E-state index contributed by atoms with van der Waals surface area (Å²) in [6.45, 7) is 1.18. The second kappa shape index (κ2) is 11.2. The minimum Gasteiger partial charge on any atom is -0.392 e. The van der Waals surface area contributed by atoms with Crippen molar-refractivity contribution < 1.29 is 31.9 Å². The lowest BCUT2D eigenvalue weighted by Gasteiger charge is -2.29. The van der Waals surface area contributed by atoms with Gasteiger partial charge >= 0.3 is 0 Å². The van der Waals surface area contributed by atoms with E-state index in [0.717, 1.165) is 30.2 Å². The number of Topliss-reactive ketones (excluding diaryl/α,β-unsaturated/α-hetero) is 1. The topological polar surface area (TPSA) is 91.3 Å². The van der Waals surface area contributed by atoms with Gasteiger partial charge in [0.25, 0.3) is 0 Å². The van der Waals surface area contributed by atoms with Crippen molar-refractivity contribution in [2.75, 3.05) is 26.1 Å². The average Bonchev–Trinajstić information content (AvgIpc) is 3.26. The molecule has 0 N–H and O–H groups in total. The van der Waals surface area contributed by atoms with Gasteiger partial charge in [-0.15, -0.1) is 0 Å². The molecule has 33 heavy (non-hydrogen) atoms. The Bertz CT molecular complexity index is 1020. The summed E-state index contributed by atoms with van der Waals surface area (Å²) in [6.07, 6.45) is 3.15. The third-order valence-electron chi connectivity index (χ3n) is 5.97. The van der Waals surface area contributed by atoms with Crippen LogP contribution in [0, 0.1) is 11.8 Å². The van der Waals surface area contributed by atoms with Gasteiger partial charge in [0, 0.05) is 37.7 Å². The van der Waals surface area contributed by atoms with Crippen LogP contribution in [0.2, 0.25) is 0 Å². The summed E-state index contributed by atoms with van der Waals surface area (Å²) in [5.41, 5.74) is 2.25. The molecule has 2 heterocycles. The Morgan fingerprint density at radius 1 is 1.30 bits per heavy atom. The number of carbonyl (C=O) groups is 1. The van der Waals surface area contributed by atoms with Crippen LogP contribution in [0.1, 0.15) is 56.6 Å². The standard InChI is InChI=1S/C24H30FNO6S/c1-24(33(2,28)29,22(27)17-31-23-8-4-6-14-30-23)16-20-15-21(26-32-20)19-11-9-18(10-12-19)7-3-5-13-25/h9-12,20,23H,4-6,8,13-17H2,1-2H3/t20-,23?,24-/m1/s1. The van der Waals surface area contributed by atoms with Crippen LogP contribution in [0.3, 0.4) is 0 Å². The maximum Gasteiger partial charge on any atom is 0.179 e. The first-order chi connectivity index (χ1) is 15.7. The van der Waals surface area contributed by atoms with Gasteiger partial charge < -0.3 is 14.3 Å². The average molecular weight is 480 g/mol. The van der Waals surface area contributed by atoms with E-state index in [2.05, 4.69) is 17.0 Å². The molecule has 0 bridgehead atoms. The van der Waals surface area contributed by atoms with E-state index in [1.54, 1.807) is 0 Å². The lowest BCUT2D eigenvalue weighted by atomic mass is 9.94. The number of nitrogens with zero attached hydrogens (tertiary/aromatic N) is 1. The number of hydrogen-bond acceptors (Lipinski definition) is 7. The Morgan fingerprint density at radius 3 is 2.70 bits per heavy atom. The molecule has 1 aromatic rings. The molecule has 3 atom stereocenters. The van der Waals surface area contributed by atoms with Gasteiger partial charge in [0.05, 0.1) is 5.71 Å². The zero-order chi connectivity index (χ0) is 23.9. The van der Waals surface area contributed by atoms with Crippen LogP contribution in [-0.2, 0) is 28.9 Å². The first-order valence-corrected chi connectivity index (χ1v) is 13.0. The van der Waals surface area contributed by atoms with Crippen molar-refractivity contribution in [1.82, 2.24) is 0 Å². The number of alkyl halides is 1. The quantitative estimate of drug-likeness (QED) is 0.505. The zero-order valence-electron chi connectivity index (χ0n) is 19.0. The minimum absolute atomic E-state index is 0.0284. The number of ether oxygens (including phenoxy) is 2. The predicted octanol–water partition coefficient (Wildman–Crippen LogP) is 3.20. The smallest absolute Gasteiger partial charge is 0.179 e. The number of ketones is 1. The van der Waals surface area contributed by atoms with Gasteiger partial charge in [0.2, 0.25) is 0 Å². The van der Waals surface area contributed by atoms with Crippen molar-refractivity contribution in [3.8, 4) is 11.8 Å². The molecule has 0 spiro atoms. The number of halogens is 1. The highest BCUT2D eigenvalue weighted by atomic mass is 32.2. The van der Waals surface area contributed by atoms with E-state index in [-0.39, 0.29) is 19.4 Å². The highest BCUT2D eigenvalue weighted by Gasteiger charge is 2.46. The molecule has 1 unspecified atom stereocenters. The van der Waals surface area contributed by atoms with Gasteiger partial charge in [0.15, 0.2) is 21.9 Å². The first kappa shape index (κ1) is 25.3. The van der Waals surface area contributed by atoms with Crippen molar-refractivity contribution in [1.29, 1.82) is 0 Å². The van der Waals surface area contributed by atoms with Gasteiger partial charge in [-0.2, -0.15) is 0 Å². The first-order valence-electron chi connectivity index (χ1n) is 11.1. The molecule has 180 valence electrons. The van der Waals surface area contributed by atoms with Crippen molar-refractivity contribution >= 4 is 21.3 Å². The molecule has 0 aliphatic carbocycles. The summed E-state index contributed by atoms with van der Waals surface area (Å²) in [6, 6.07) is 7.29. The van der Waals surface area contributed by atoms with Crippen LogP contribution in [0.5, 0.6) is 0 Å². The second-order valence-electron chi connectivity index (χ2n) is 8.53. The van der Waals surface area contributed by atoms with E-state index in [4.69, 9.17) is 14.3 Å². The van der Waals surface area contributed by atoms with Crippen LogP contribution in [0.15, 0.2) is 29.4 Å². The molecular formula is C24H30FNO6S. The predicted molar refractivity (Wildman–Crippen MR) is 122 cm³/mol. The molecule has 1 fully saturated rings. The van der Waals surface area contributed by atoms with E-state index >= 15 is 0 Å². The van der Waals surface area contributed by atoms with Crippen molar-refractivity contribution in [3.05, 3.63) is 35.4 Å². The minimum atomic E-state index is -3.75. The summed E-state index contributed by atoms with van der Waals surface area (Å²) < 4.78 is 46.7. The molecule has 7 nitrogen and oxygen atoms in total. The molecule has 0 amide bonds. The molecule has 2 aliphatic heterocycles. The van der Waals surface area contributed by atoms with E-state index in [9.17, 15) is 17.6 Å². The van der Waals surface area contributed by atoms with E-state index in [1.165, 1.54) is 6.92 Å². The van der Waals surface area contributed by atoms with Gasteiger partial charge in [-0.05, 0) is 43.9 Å². The number of benzene rings is 1.